The summed E-state index contributed by atoms with van der Waals surface area (Å²) in [6.07, 6.45) is 4.83. The fraction of sp³-hybridized carbons (Fsp3) is 0.273. The minimum atomic E-state index is 0.652. The van der Waals surface area contributed by atoms with E-state index >= 15 is 0 Å². The van der Waals surface area contributed by atoms with Crippen molar-refractivity contribution in [3.63, 3.8) is 0 Å². The molecule has 14 heavy (non-hydrogen) atoms. The molecule has 1 rings (SSSR count). The van der Waals surface area contributed by atoms with Gasteiger partial charge in [-0.2, -0.15) is 0 Å². The lowest BCUT2D eigenvalue weighted by Crippen LogP contribution is -1.95. The van der Waals surface area contributed by atoms with Gasteiger partial charge in [0.1, 0.15) is 5.75 Å². The van der Waals surface area contributed by atoms with Crippen molar-refractivity contribution in [1.82, 2.24) is 0 Å². The third-order valence-electron chi connectivity index (χ3n) is 1.82. The fourth-order valence-corrected chi connectivity index (χ4v) is 1.32. The van der Waals surface area contributed by atoms with E-state index in [0.29, 0.717) is 11.6 Å². The van der Waals surface area contributed by atoms with E-state index in [1.165, 1.54) is 0 Å². The molecule has 0 radical (unpaired) electrons. The van der Waals surface area contributed by atoms with Crippen molar-refractivity contribution < 1.29 is 4.74 Å². The van der Waals surface area contributed by atoms with E-state index in [1.54, 1.807) is 13.2 Å². The van der Waals surface area contributed by atoms with Gasteiger partial charge in [0, 0.05) is 10.6 Å². The molecule has 0 saturated heterocycles. The van der Waals surface area contributed by atoms with Crippen molar-refractivity contribution >= 4 is 17.7 Å². The highest BCUT2D eigenvalue weighted by Crippen LogP contribution is 2.23. The molecule has 0 saturated carbocycles. The molecule has 2 N–H and O–H groups in total. The highest BCUT2D eigenvalue weighted by atomic mass is 35.5. The van der Waals surface area contributed by atoms with Crippen LogP contribution in [0, 0.1) is 0 Å². The zero-order valence-electron chi connectivity index (χ0n) is 8.16. The summed E-state index contributed by atoms with van der Waals surface area (Å²) >= 11 is 5.87. The lowest BCUT2D eigenvalue weighted by atomic mass is 10.2. The Labute approximate surface area is 89.3 Å². The molecule has 0 atom stereocenters. The molecular formula is C11H14ClNO. The monoisotopic (exact) mass is 211 g/mol. The first-order valence-electron chi connectivity index (χ1n) is 4.48. The van der Waals surface area contributed by atoms with Crippen molar-refractivity contribution in [2.24, 2.45) is 5.73 Å². The first-order chi connectivity index (χ1) is 6.77. The molecule has 0 spiro atoms. The van der Waals surface area contributed by atoms with Gasteiger partial charge in [-0.15, -0.1) is 0 Å². The molecule has 0 fully saturated rings. The zero-order valence-corrected chi connectivity index (χ0v) is 8.92. The number of rotatable bonds is 4. The van der Waals surface area contributed by atoms with Crippen molar-refractivity contribution in [3.8, 4) is 5.75 Å². The number of hydrogen-bond donors (Lipinski definition) is 1. The maximum atomic E-state index is 5.87. The molecule has 0 aliphatic carbocycles. The minimum absolute atomic E-state index is 0.652. The van der Waals surface area contributed by atoms with Crippen molar-refractivity contribution in [1.29, 1.82) is 0 Å². The van der Waals surface area contributed by atoms with Crippen LogP contribution in [-0.4, -0.2) is 13.7 Å². The van der Waals surface area contributed by atoms with Crippen LogP contribution in [0.2, 0.25) is 5.02 Å². The Hall–Kier alpha value is -0.990. The normalized spacial score (nSPS) is 10.8. The smallest absolute Gasteiger partial charge is 0.126 e. The van der Waals surface area contributed by atoms with E-state index in [9.17, 15) is 0 Å². The molecule has 0 bridgehead atoms. The number of methoxy groups -OCH3 is 1. The molecule has 0 amide bonds. The van der Waals surface area contributed by atoms with Gasteiger partial charge in [-0.1, -0.05) is 23.8 Å². The van der Waals surface area contributed by atoms with Crippen LogP contribution in [-0.2, 0) is 0 Å². The number of hydrogen-bond acceptors (Lipinski definition) is 2. The van der Waals surface area contributed by atoms with E-state index in [2.05, 4.69) is 0 Å². The summed E-state index contributed by atoms with van der Waals surface area (Å²) < 4.78 is 5.19. The van der Waals surface area contributed by atoms with Crippen LogP contribution in [0.25, 0.3) is 6.08 Å². The lowest BCUT2D eigenvalue weighted by Gasteiger charge is -2.04. The second kappa shape index (κ2) is 5.68. The van der Waals surface area contributed by atoms with Crippen LogP contribution in [0.3, 0.4) is 0 Å². The van der Waals surface area contributed by atoms with E-state index in [0.717, 1.165) is 17.7 Å². The predicted molar refractivity (Wildman–Crippen MR) is 60.7 cm³/mol. The van der Waals surface area contributed by atoms with E-state index in [-0.39, 0.29) is 0 Å². The van der Waals surface area contributed by atoms with Gasteiger partial charge in [0.2, 0.25) is 0 Å². The number of ether oxygens (including phenoxy) is 1. The van der Waals surface area contributed by atoms with Crippen LogP contribution in [0.5, 0.6) is 5.75 Å². The summed E-state index contributed by atoms with van der Waals surface area (Å²) in [6.45, 7) is 0.652. The summed E-state index contributed by atoms with van der Waals surface area (Å²) in [7, 11) is 1.64. The molecule has 3 heteroatoms. The van der Waals surface area contributed by atoms with Crippen LogP contribution < -0.4 is 10.5 Å². The molecule has 0 aliphatic heterocycles. The highest BCUT2D eigenvalue weighted by molar-refractivity contribution is 6.30. The maximum Gasteiger partial charge on any atom is 0.126 e. The molecule has 0 unspecified atom stereocenters. The number of benzene rings is 1. The first-order valence-corrected chi connectivity index (χ1v) is 4.86. The van der Waals surface area contributed by atoms with Gasteiger partial charge in [-0.3, -0.25) is 0 Å². The lowest BCUT2D eigenvalue weighted by molar-refractivity contribution is 0.414. The minimum Gasteiger partial charge on any atom is -0.496 e. The third-order valence-corrected chi connectivity index (χ3v) is 2.06. The van der Waals surface area contributed by atoms with Crippen molar-refractivity contribution in [2.45, 2.75) is 6.42 Å². The summed E-state index contributed by atoms with van der Waals surface area (Å²) in [5, 5.41) is 0.707. The molecule has 1 aromatic rings. The Morgan fingerprint density at radius 3 is 2.93 bits per heavy atom. The van der Waals surface area contributed by atoms with E-state index in [1.807, 2.05) is 24.3 Å². The largest absolute Gasteiger partial charge is 0.496 e. The van der Waals surface area contributed by atoms with Gasteiger partial charge in [0.15, 0.2) is 0 Å². The summed E-state index contributed by atoms with van der Waals surface area (Å²) in [5.74, 6) is 0.822. The summed E-state index contributed by atoms with van der Waals surface area (Å²) in [5.41, 5.74) is 6.36. The number of halogens is 1. The van der Waals surface area contributed by atoms with Crippen molar-refractivity contribution in [3.05, 3.63) is 34.9 Å². The second-order valence-corrected chi connectivity index (χ2v) is 3.30. The summed E-state index contributed by atoms with van der Waals surface area (Å²) in [6, 6.07) is 5.53. The van der Waals surface area contributed by atoms with Gasteiger partial charge in [0.05, 0.1) is 7.11 Å². The van der Waals surface area contributed by atoms with Gasteiger partial charge in [-0.25, -0.2) is 0 Å². The Kier molecular flexibility index (Phi) is 4.50. The average molecular weight is 212 g/mol. The standard InChI is InChI=1S/C11H14ClNO/c1-14-11-6-5-10(12)8-9(11)4-2-3-7-13/h2,4-6,8H,3,7,13H2,1H3/b4-2+. The quantitative estimate of drug-likeness (QED) is 0.831. The first kappa shape index (κ1) is 11.1. The van der Waals surface area contributed by atoms with Gasteiger partial charge >= 0.3 is 0 Å². The van der Waals surface area contributed by atoms with Gasteiger partial charge in [-0.05, 0) is 31.2 Å². The molecular weight excluding hydrogens is 198 g/mol. The molecule has 0 heterocycles. The molecule has 76 valence electrons. The van der Waals surface area contributed by atoms with Crippen LogP contribution in [0.4, 0.5) is 0 Å². The van der Waals surface area contributed by atoms with Crippen LogP contribution in [0.15, 0.2) is 24.3 Å². The van der Waals surface area contributed by atoms with E-state index in [4.69, 9.17) is 22.1 Å². The SMILES string of the molecule is COc1ccc(Cl)cc1/C=C/CCN. The fourth-order valence-electron chi connectivity index (χ4n) is 1.14. The maximum absolute atomic E-state index is 5.87. The second-order valence-electron chi connectivity index (χ2n) is 2.87. The Balaban J connectivity index is 2.87. The molecule has 2 nitrogen and oxygen atoms in total. The predicted octanol–water partition coefficient (Wildman–Crippen LogP) is 2.71. The Morgan fingerprint density at radius 2 is 2.29 bits per heavy atom. The number of nitrogens with two attached hydrogens (primary N) is 1. The zero-order chi connectivity index (χ0) is 10.4. The van der Waals surface area contributed by atoms with Crippen LogP contribution in [0.1, 0.15) is 12.0 Å². The van der Waals surface area contributed by atoms with Crippen molar-refractivity contribution in [2.75, 3.05) is 13.7 Å². The average Bonchev–Trinajstić information content (AvgIpc) is 2.19. The Bertz CT molecular complexity index is 323. The van der Waals surface area contributed by atoms with Crippen LogP contribution >= 0.6 is 11.6 Å². The Morgan fingerprint density at radius 1 is 1.50 bits per heavy atom. The summed E-state index contributed by atoms with van der Waals surface area (Å²) in [4.78, 5) is 0. The van der Waals surface area contributed by atoms with Gasteiger partial charge in [0.25, 0.3) is 0 Å². The molecule has 0 aromatic heterocycles. The third kappa shape index (κ3) is 3.05. The molecule has 1 aromatic carbocycles. The topological polar surface area (TPSA) is 35.2 Å². The van der Waals surface area contributed by atoms with E-state index < -0.39 is 0 Å². The highest BCUT2D eigenvalue weighted by Gasteiger charge is 1.99. The molecule has 0 aliphatic rings. The van der Waals surface area contributed by atoms with Gasteiger partial charge < -0.3 is 10.5 Å².